The standard InChI is InChI=1S/C10H17NO5/c1-10(2,3)16-9(15)11-4-6(12)8(14)7(13)5-11/h6,8,12,14H,4-5H2,1-3H3/t6-,8-/m0/s1. The maximum Gasteiger partial charge on any atom is 0.410 e. The highest BCUT2D eigenvalue weighted by Gasteiger charge is 2.36. The van der Waals surface area contributed by atoms with Crippen LogP contribution >= 0.6 is 0 Å². The summed E-state index contributed by atoms with van der Waals surface area (Å²) >= 11 is 0. The Morgan fingerprint density at radius 2 is 2.00 bits per heavy atom. The predicted molar refractivity (Wildman–Crippen MR) is 54.8 cm³/mol. The predicted octanol–water partition coefficient (Wildman–Crippen LogP) is -0.472. The lowest BCUT2D eigenvalue weighted by molar-refractivity contribution is -0.140. The molecule has 1 rings (SSSR count). The number of Topliss-reactive ketones (excluding diaryl/α,β-unsaturated/α-hetero) is 1. The van der Waals surface area contributed by atoms with Gasteiger partial charge >= 0.3 is 6.09 Å². The van der Waals surface area contributed by atoms with Crippen molar-refractivity contribution in [2.75, 3.05) is 13.1 Å². The second-order valence-corrected chi connectivity index (χ2v) is 4.84. The summed E-state index contributed by atoms with van der Waals surface area (Å²) < 4.78 is 5.05. The zero-order chi connectivity index (χ0) is 12.5. The fourth-order valence-electron chi connectivity index (χ4n) is 1.35. The third kappa shape index (κ3) is 3.18. The Balaban J connectivity index is 2.62. The van der Waals surface area contributed by atoms with Gasteiger partial charge in [-0.25, -0.2) is 4.79 Å². The first-order valence-electron chi connectivity index (χ1n) is 5.07. The highest BCUT2D eigenvalue weighted by molar-refractivity contribution is 5.89. The van der Waals surface area contributed by atoms with Gasteiger partial charge in [-0.3, -0.25) is 9.69 Å². The van der Waals surface area contributed by atoms with Crippen molar-refractivity contribution in [3.63, 3.8) is 0 Å². The van der Waals surface area contributed by atoms with E-state index in [1.54, 1.807) is 20.8 Å². The Labute approximate surface area is 93.8 Å². The zero-order valence-electron chi connectivity index (χ0n) is 9.64. The van der Waals surface area contributed by atoms with Crippen molar-refractivity contribution in [1.29, 1.82) is 0 Å². The average molecular weight is 231 g/mol. The normalized spacial score (nSPS) is 26.8. The number of hydrogen-bond donors (Lipinski definition) is 2. The molecule has 0 aromatic carbocycles. The molecule has 0 aromatic rings. The molecule has 0 bridgehead atoms. The van der Waals surface area contributed by atoms with E-state index in [1.807, 2.05) is 0 Å². The minimum absolute atomic E-state index is 0.0954. The van der Waals surface area contributed by atoms with E-state index in [4.69, 9.17) is 4.74 Å². The van der Waals surface area contributed by atoms with Crippen LogP contribution in [0.15, 0.2) is 0 Å². The van der Waals surface area contributed by atoms with Gasteiger partial charge in [-0.1, -0.05) is 0 Å². The van der Waals surface area contributed by atoms with Gasteiger partial charge in [0.05, 0.1) is 13.1 Å². The number of carbonyl (C=O) groups excluding carboxylic acids is 2. The molecule has 0 saturated carbocycles. The first-order valence-corrected chi connectivity index (χ1v) is 5.07. The van der Waals surface area contributed by atoms with Crippen molar-refractivity contribution in [1.82, 2.24) is 4.90 Å². The summed E-state index contributed by atoms with van der Waals surface area (Å²) in [6, 6.07) is 0. The van der Waals surface area contributed by atoms with Gasteiger partial charge in [0.2, 0.25) is 0 Å². The van der Waals surface area contributed by atoms with Crippen molar-refractivity contribution in [2.45, 2.75) is 38.6 Å². The van der Waals surface area contributed by atoms with Crippen molar-refractivity contribution in [3.8, 4) is 0 Å². The quantitative estimate of drug-likeness (QED) is 0.588. The smallest absolute Gasteiger partial charge is 0.410 e. The fraction of sp³-hybridized carbons (Fsp3) is 0.800. The number of aliphatic hydroxyl groups is 2. The van der Waals surface area contributed by atoms with Gasteiger partial charge in [0.15, 0.2) is 5.78 Å². The molecular weight excluding hydrogens is 214 g/mol. The van der Waals surface area contributed by atoms with Crippen molar-refractivity contribution >= 4 is 11.9 Å². The number of piperidine rings is 1. The maximum atomic E-state index is 11.6. The van der Waals surface area contributed by atoms with Crippen LogP contribution in [0.5, 0.6) is 0 Å². The number of amides is 1. The number of ether oxygens (including phenoxy) is 1. The lowest BCUT2D eigenvalue weighted by Crippen LogP contribution is -2.55. The number of carbonyl (C=O) groups is 2. The molecule has 0 aromatic heterocycles. The second-order valence-electron chi connectivity index (χ2n) is 4.84. The number of nitrogens with zero attached hydrogens (tertiary/aromatic N) is 1. The molecule has 1 amide bonds. The third-order valence-corrected chi connectivity index (χ3v) is 2.10. The van der Waals surface area contributed by atoms with Gasteiger partial charge in [-0.15, -0.1) is 0 Å². The highest BCUT2D eigenvalue weighted by atomic mass is 16.6. The van der Waals surface area contributed by atoms with Gasteiger partial charge in [-0.2, -0.15) is 0 Å². The molecule has 1 aliphatic heterocycles. The molecule has 0 unspecified atom stereocenters. The van der Waals surface area contributed by atoms with E-state index < -0.39 is 29.7 Å². The first kappa shape index (κ1) is 12.9. The van der Waals surface area contributed by atoms with E-state index in [9.17, 15) is 19.8 Å². The molecule has 1 aliphatic rings. The van der Waals surface area contributed by atoms with E-state index in [2.05, 4.69) is 0 Å². The molecule has 6 nitrogen and oxygen atoms in total. The van der Waals surface area contributed by atoms with Crippen molar-refractivity contribution in [2.24, 2.45) is 0 Å². The lowest BCUT2D eigenvalue weighted by Gasteiger charge is -2.33. The third-order valence-electron chi connectivity index (χ3n) is 2.10. The molecule has 0 spiro atoms. The Morgan fingerprint density at radius 1 is 1.44 bits per heavy atom. The summed E-state index contributed by atoms with van der Waals surface area (Å²) in [5.41, 5.74) is -0.652. The molecular formula is C10H17NO5. The minimum Gasteiger partial charge on any atom is -0.444 e. The number of likely N-dealkylation sites (tertiary alicyclic amines) is 1. The van der Waals surface area contributed by atoms with Gasteiger partial charge in [0.1, 0.15) is 17.8 Å². The highest BCUT2D eigenvalue weighted by Crippen LogP contribution is 2.14. The van der Waals surface area contributed by atoms with Crippen LogP contribution in [-0.4, -0.2) is 57.9 Å². The zero-order valence-corrected chi connectivity index (χ0v) is 9.64. The maximum absolute atomic E-state index is 11.6. The van der Waals surface area contributed by atoms with Crippen LogP contribution in [0.25, 0.3) is 0 Å². The van der Waals surface area contributed by atoms with Crippen molar-refractivity contribution in [3.05, 3.63) is 0 Å². The topological polar surface area (TPSA) is 87.1 Å². The molecule has 1 saturated heterocycles. The van der Waals surface area contributed by atoms with Crippen LogP contribution in [0.4, 0.5) is 4.79 Å². The summed E-state index contributed by atoms with van der Waals surface area (Å²) in [7, 11) is 0. The summed E-state index contributed by atoms with van der Waals surface area (Å²) in [5.74, 6) is -0.579. The monoisotopic (exact) mass is 231 g/mol. The molecule has 0 aliphatic carbocycles. The molecule has 1 heterocycles. The summed E-state index contributed by atoms with van der Waals surface area (Å²) in [6.45, 7) is 4.81. The Morgan fingerprint density at radius 3 is 2.44 bits per heavy atom. The van der Waals surface area contributed by atoms with Gasteiger partial charge < -0.3 is 14.9 Å². The summed E-state index contributed by atoms with van der Waals surface area (Å²) in [4.78, 5) is 23.9. The number of hydrogen-bond acceptors (Lipinski definition) is 5. The van der Waals surface area contributed by atoms with E-state index >= 15 is 0 Å². The van der Waals surface area contributed by atoms with Gasteiger partial charge in [0.25, 0.3) is 0 Å². The number of ketones is 1. The van der Waals surface area contributed by atoms with E-state index in [-0.39, 0.29) is 13.1 Å². The van der Waals surface area contributed by atoms with Crippen LogP contribution in [0.1, 0.15) is 20.8 Å². The molecule has 1 fully saturated rings. The SMILES string of the molecule is CC(C)(C)OC(=O)N1CC(=O)[C@@H](O)[C@@H](O)C1. The van der Waals surface area contributed by atoms with E-state index in [0.717, 1.165) is 4.90 Å². The fourth-order valence-corrected chi connectivity index (χ4v) is 1.35. The Kier molecular flexibility index (Phi) is 3.54. The first-order chi connectivity index (χ1) is 7.20. The number of rotatable bonds is 0. The van der Waals surface area contributed by atoms with Gasteiger partial charge in [-0.05, 0) is 20.8 Å². The van der Waals surface area contributed by atoms with E-state index in [1.165, 1.54) is 0 Å². The van der Waals surface area contributed by atoms with Crippen molar-refractivity contribution < 1.29 is 24.5 Å². The minimum atomic E-state index is -1.40. The van der Waals surface area contributed by atoms with Gasteiger partial charge in [0, 0.05) is 0 Å². The lowest BCUT2D eigenvalue weighted by atomic mass is 10.0. The molecule has 92 valence electrons. The van der Waals surface area contributed by atoms with Crippen LogP contribution in [0.3, 0.4) is 0 Å². The number of β-amino-alcohol motifs (C(OH)–C–C–N with tert-alkyl or cyclic N) is 1. The summed E-state index contributed by atoms with van der Waals surface area (Å²) in [6.07, 6.45) is -3.31. The molecule has 16 heavy (non-hydrogen) atoms. The van der Waals surface area contributed by atoms with E-state index in [0.29, 0.717) is 0 Å². The van der Waals surface area contributed by atoms with Crippen LogP contribution in [0, 0.1) is 0 Å². The summed E-state index contributed by atoms with van der Waals surface area (Å²) in [5, 5.41) is 18.5. The van der Waals surface area contributed by atoms with Crippen LogP contribution in [0.2, 0.25) is 0 Å². The largest absolute Gasteiger partial charge is 0.444 e. The average Bonchev–Trinajstić information content (AvgIpc) is 2.10. The number of aliphatic hydroxyl groups excluding tert-OH is 2. The van der Waals surface area contributed by atoms with Crippen LogP contribution in [-0.2, 0) is 9.53 Å². The molecule has 2 atom stereocenters. The van der Waals surface area contributed by atoms with Crippen LogP contribution < -0.4 is 0 Å². The Bertz CT molecular complexity index is 296. The molecule has 0 radical (unpaired) electrons. The molecule has 6 heteroatoms. The second kappa shape index (κ2) is 4.39. The molecule has 2 N–H and O–H groups in total. The Hall–Kier alpha value is -1.14.